The summed E-state index contributed by atoms with van der Waals surface area (Å²) >= 11 is 0. The largest absolute Gasteiger partial charge is 0.394 e. The van der Waals surface area contributed by atoms with Gasteiger partial charge in [-0.2, -0.15) is 0 Å². The SMILES string of the molecule is C=CCN(C(=O)[C@H]1[C@H]2C(=O)N([C@H](C)CO)C(C(=O)N(CC=C)c3c(C)cccc3C)C23CC[C@]1(CC)O3)c1ccccc1. The molecule has 3 saturated heterocycles. The van der Waals surface area contributed by atoms with E-state index in [9.17, 15) is 19.5 Å². The summed E-state index contributed by atoms with van der Waals surface area (Å²) in [6, 6.07) is 13.6. The highest BCUT2D eigenvalue weighted by Gasteiger charge is 2.79. The van der Waals surface area contributed by atoms with Crippen molar-refractivity contribution < 1.29 is 24.2 Å². The van der Waals surface area contributed by atoms with E-state index in [4.69, 9.17) is 4.74 Å². The lowest BCUT2D eigenvalue weighted by atomic mass is 9.64. The van der Waals surface area contributed by atoms with E-state index in [0.29, 0.717) is 24.9 Å². The Morgan fingerprint density at radius 2 is 1.65 bits per heavy atom. The van der Waals surface area contributed by atoms with Crippen LogP contribution in [0.15, 0.2) is 73.8 Å². The number of rotatable bonds is 11. The molecule has 0 aromatic heterocycles. The third-order valence-corrected chi connectivity index (χ3v) is 9.79. The maximum atomic E-state index is 14.9. The minimum Gasteiger partial charge on any atom is -0.394 e. The molecule has 8 nitrogen and oxygen atoms in total. The number of likely N-dealkylation sites (tertiary alicyclic amines) is 1. The van der Waals surface area contributed by atoms with Crippen LogP contribution in [0.25, 0.3) is 0 Å². The lowest BCUT2D eigenvalue weighted by molar-refractivity contribution is -0.149. The van der Waals surface area contributed by atoms with Crippen molar-refractivity contribution in [1.29, 1.82) is 0 Å². The second-order valence-electron chi connectivity index (χ2n) is 12.2. The zero-order valence-electron chi connectivity index (χ0n) is 25.7. The van der Waals surface area contributed by atoms with E-state index in [2.05, 4.69) is 13.2 Å². The van der Waals surface area contributed by atoms with Gasteiger partial charge in [0, 0.05) is 24.5 Å². The monoisotopic (exact) mass is 585 g/mol. The van der Waals surface area contributed by atoms with Crippen LogP contribution in [0.3, 0.4) is 0 Å². The topological polar surface area (TPSA) is 90.4 Å². The number of aliphatic hydroxyl groups is 1. The fourth-order valence-electron chi connectivity index (χ4n) is 7.90. The molecule has 5 rings (SSSR count). The van der Waals surface area contributed by atoms with Gasteiger partial charge in [0.15, 0.2) is 0 Å². The highest BCUT2D eigenvalue weighted by molar-refractivity contribution is 6.07. The van der Waals surface area contributed by atoms with Crippen molar-refractivity contribution in [1.82, 2.24) is 4.90 Å². The quantitative estimate of drug-likeness (QED) is 0.390. The van der Waals surface area contributed by atoms with Crippen LogP contribution in [-0.4, -0.2) is 70.7 Å². The first-order chi connectivity index (χ1) is 20.6. The van der Waals surface area contributed by atoms with E-state index < -0.39 is 35.1 Å². The van der Waals surface area contributed by atoms with Crippen molar-refractivity contribution in [2.75, 3.05) is 29.5 Å². The molecule has 3 amide bonds. The molecule has 6 atom stereocenters. The average molecular weight is 586 g/mol. The first-order valence-corrected chi connectivity index (χ1v) is 15.2. The average Bonchev–Trinajstić information content (AvgIpc) is 3.62. The molecule has 0 aliphatic carbocycles. The van der Waals surface area contributed by atoms with Crippen LogP contribution in [0, 0.1) is 25.7 Å². The van der Waals surface area contributed by atoms with Crippen LogP contribution in [0.1, 0.15) is 44.2 Å². The Hall–Kier alpha value is -3.75. The molecule has 0 radical (unpaired) electrons. The molecule has 43 heavy (non-hydrogen) atoms. The predicted octanol–water partition coefficient (Wildman–Crippen LogP) is 4.58. The van der Waals surface area contributed by atoms with Crippen molar-refractivity contribution >= 4 is 29.1 Å². The fraction of sp³-hybridized carbons (Fsp3) is 0.457. The van der Waals surface area contributed by atoms with Crippen LogP contribution in [0.2, 0.25) is 0 Å². The summed E-state index contributed by atoms with van der Waals surface area (Å²) in [4.78, 5) is 48.9. The second-order valence-corrected chi connectivity index (χ2v) is 12.2. The maximum absolute atomic E-state index is 14.9. The Kier molecular flexibility index (Phi) is 8.38. The number of aliphatic hydroxyl groups excluding tert-OH is 1. The van der Waals surface area contributed by atoms with Crippen LogP contribution in [-0.2, 0) is 19.1 Å². The number of fused-ring (bicyclic) bond motifs is 1. The molecule has 3 heterocycles. The van der Waals surface area contributed by atoms with Crippen LogP contribution < -0.4 is 9.80 Å². The minimum atomic E-state index is -1.21. The molecule has 2 aromatic carbocycles. The summed E-state index contributed by atoms with van der Waals surface area (Å²) in [6.45, 7) is 15.6. The number of hydrogen-bond acceptors (Lipinski definition) is 5. The van der Waals surface area contributed by atoms with Gasteiger partial charge in [0.1, 0.15) is 11.6 Å². The number of anilines is 2. The molecule has 2 aromatic rings. The van der Waals surface area contributed by atoms with Crippen molar-refractivity contribution in [3.63, 3.8) is 0 Å². The van der Waals surface area contributed by atoms with Gasteiger partial charge in [0.25, 0.3) is 5.91 Å². The van der Waals surface area contributed by atoms with Crippen molar-refractivity contribution in [3.05, 3.63) is 85.0 Å². The van der Waals surface area contributed by atoms with Crippen LogP contribution >= 0.6 is 0 Å². The normalized spacial score (nSPS) is 28.0. The van der Waals surface area contributed by atoms with Gasteiger partial charge < -0.3 is 24.5 Å². The number of hydrogen-bond donors (Lipinski definition) is 1. The van der Waals surface area contributed by atoms with Crippen molar-refractivity contribution in [2.45, 2.75) is 70.2 Å². The third-order valence-electron chi connectivity index (χ3n) is 9.79. The Morgan fingerprint density at radius 3 is 2.23 bits per heavy atom. The van der Waals surface area contributed by atoms with Gasteiger partial charge in [0.2, 0.25) is 11.8 Å². The lowest BCUT2D eigenvalue weighted by Crippen LogP contribution is -2.58. The Morgan fingerprint density at radius 1 is 1.02 bits per heavy atom. The van der Waals surface area contributed by atoms with Gasteiger partial charge in [-0.3, -0.25) is 14.4 Å². The zero-order chi connectivity index (χ0) is 31.1. The molecule has 1 N–H and O–H groups in total. The van der Waals surface area contributed by atoms with Gasteiger partial charge in [-0.1, -0.05) is 55.5 Å². The van der Waals surface area contributed by atoms with E-state index in [1.54, 1.807) is 28.9 Å². The predicted molar refractivity (Wildman–Crippen MR) is 168 cm³/mol. The number of benzene rings is 2. The summed E-state index contributed by atoms with van der Waals surface area (Å²) < 4.78 is 6.98. The van der Waals surface area contributed by atoms with E-state index in [-0.39, 0.29) is 37.4 Å². The Bertz CT molecular complexity index is 1410. The minimum absolute atomic E-state index is 0.213. The molecule has 0 saturated carbocycles. The van der Waals surface area contributed by atoms with E-state index in [1.807, 2.05) is 69.3 Å². The number of amides is 3. The number of para-hydroxylation sites is 2. The molecule has 3 fully saturated rings. The summed E-state index contributed by atoms with van der Waals surface area (Å²) in [7, 11) is 0. The standard InChI is InChI=1S/C35H43N3O5/c1-7-20-36(26-16-11-10-12-17-26)31(40)27-28-32(41)38(25(6)22-39)30(35(28)19-18-34(27,9-3)43-35)33(42)37(21-8-2)29-23(4)14-13-15-24(29)5/h7-8,10-17,25,27-28,30,39H,1-2,9,18-22H2,3-6H3/t25-,27-,28+,30?,34+,35?/m1/s1. The summed E-state index contributed by atoms with van der Waals surface area (Å²) in [5.74, 6) is -2.48. The van der Waals surface area contributed by atoms with Crippen molar-refractivity contribution in [3.8, 4) is 0 Å². The second kappa shape index (κ2) is 11.7. The van der Waals surface area contributed by atoms with Gasteiger partial charge >= 0.3 is 0 Å². The zero-order valence-corrected chi connectivity index (χ0v) is 25.7. The van der Waals surface area contributed by atoms with Crippen molar-refractivity contribution in [2.24, 2.45) is 11.8 Å². The van der Waals surface area contributed by atoms with E-state index in [0.717, 1.165) is 16.8 Å². The number of ether oxygens (including phenoxy) is 1. The highest BCUT2D eigenvalue weighted by Crippen LogP contribution is 2.65. The summed E-state index contributed by atoms with van der Waals surface area (Å²) in [6.07, 6.45) is 4.89. The molecule has 2 bridgehead atoms. The van der Waals surface area contributed by atoms with Gasteiger partial charge in [-0.25, -0.2) is 0 Å². The fourth-order valence-corrected chi connectivity index (χ4v) is 7.90. The van der Waals surface area contributed by atoms with Gasteiger partial charge in [-0.05, 0) is 63.3 Å². The molecular weight excluding hydrogens is 542 g/mol. The maximum Gasteiger partial charge on any atom is 0.253 e. The summed E-state index contributed by atoms with van der Waals surface area (Å²) in [5.41, 5.74) is 1.23. The highest BCUT2D eigenvalue weighted by atomic mass is 16.5. The van der Waals surface area contributed by atoms with E-state index >= 15 is 0 Å². The summed E-state index contributed by atoms with van der Waals surface area (Å²) in [5, 5.41) is 10.3. The van der Waals surface area contributed by atoms with Crippen LogP contribution in [0.4, 0.5) is 11.4 Å². The van der Waals surface area contributed by atoms with Crippen LogP contribution in [0.5, 0.6) is 0 Å². The molecular formula is C35H43N3O5. The van der Waals surface area contributed by atoms with Gasteiger partial charge in [-0.15, -0.1) is 13.2 Å². The lowest BCUT2D eigenvalue weighted by Gasteiger charge is -2.39. The third kappa shape index (κ3) is 4.62. The first kappa shape index (κ1) is 30.7. The Labute approximate surface area is 254 Å². The van der Waals surface area contributed by atoms with E-state index in [1.165, 1.54) is 4.90 Å². The molecule has 3 aliphatic rings. The number of nitrogens with zero attached hydrogens (tertiary/aromatic N) is 3. The molecule has 1 spiro atoms. The first-order valence-electron chi connectivity index (χ1n) is 15.2. The number of aryl methyl sites for hydroxylation is 2. The molecule has 8 heteroatoms. The van der Waals surface area contributed by atoms with Gasteiger partial charge in [0.05, 0.1) is 30.1 Å². The smallest absolute Gasteiger partial charge is 0.253 e. The molecule has 228 valence electrons. The number of carbonyl (C=O) groups is 3. The Balaban J connectivity index is 1.65. The molecule has 3 aliphatic heterocycles. The number of carbonyl (C=O) groups excluding carboxylic acids is 3. The molecule has 2 unspecified atom stereocenters.